The van der Waals surface area contributed by atoms with Gasteiger partial charge in [-0.25, -0.2) is 0 Å². The highest BCUT2D eigenvalue weighted by molar-refractivity contribution is 5.85. The molecule has 1 N–H and O–H groups in total. The Hall–Kier alpha value is -1.02. The molecule has 3 heteroatoms. The molecule has 0 aliphatic rings. The number of allylic oxidation sites excluding steroid dienone is 1. The smallest absolute Gasteiger partial charge is 0.204 e. The Bertz CT molecular complexity index is 223. The quantitative estimate of drug-likeness (QED) is 0.530. The zero-order valence-electron chi connectivity index (χ0n) is 6.10. The van der Waals surface area contributed by atoms with Crippen LogP contribution in [-0.4, -0.2) is 5.11 Å². The maximum atomic E-state index is 8.79. The van der Waals surface area contributed by atoms with Crippen molar-refractivity contribution in [3.05, 3.63) is 42.9 Å². The Labute approximate surface area is 72.2 Å². The molecule has 0 spiro atoms. The van der Waals surface area contributed by atoms with Crippen molar-refractivity contribution in [2.75, 3.05) is 0 Å². The molecule has 1 rings (SSSR count). The molecule has 0 atom stereocenters. The average Bonchev–Trinajstić information content (AvgIpc) is 1.88. The molecule has 0 aromatic carbocycles. The van der Waals surface area contributed by atoms with Gasteiger partial charge in [-0.05, 0) is 0 Å². The molecule has 0 bridgehead atoms. The second-order valence-electron chi connectivity index (χ2n) is 2.11. The van der Waals surface area contributed by atoms with E-state index in [2.05, 4.69) is 6.58 Å². The van der Waals surface area contributed by atoms with Crippen molar-refractivity contribution in [2.24, 2.45) is 0 Å². The minimum absolute atomic E-state index is 0. The van der Waals surface area contributed by atoms with Gasteiger partial charge in [0.25, 0.3) is 0 Å². The Morgan fingerprint density at radius 2 is 1.82 bits per heavy atom. The summed E-state index contributed by atoms with van der Waals surface area (Å²) >= 11 is 0. The van der Waals surface area contributed by atoms with E-state index in [4.69, 9.17) is 5.11 Å². The van der Waals surface area contributed by atoms with E-state index in [1.807, 2.05) is 35.2 Å². The maximum absolute atomic E-state index is 8.79. The van der Waals surface area contributed by atoms with Gasteiger partial charge in [-0.3, -0.25) is 0 Å². The number of rotatable bonds is 2. The molecule has 0 fully saturated rings. The van der Waals surface area contributed by atoms with Crippen LogP contribution in [0.3, 0.4) is 0 Å². The summed E-state index contributed by atoms with van der Waals surface area (Å²) in [7, 11) is 0. The number of pyridine rings is 1. The number of halogens is 1. The first kappa shape index (κ1) is 9.98. The van der Waals surface area contributed by atoms with Gasteiger partial charge in [-0.1, -0.05) is 12.6 Å². The highest BCUT2D eigenvalue weighted by atomic mass is 35.5. The lowest BCUT2D eigenvalue weighted by Gasteiger charge is -1.91. The van der Waals surface area contributed by atoms with Gasteiger partial charge in [-0.15, -0.1) is 12.4 Å². The highest BCUT2D eigenvalue weighted by Crippen LogP contribution is 1.82. The zero-order chi connectivity index (χ0) is 7.40. The zero-order valence-corrected chi connectivity index (χ0v) is 6.92. The summed E-state index contributed by atoms with van der Waals surface area (Å²) in [4.78, 5) is 0. The van der Waals surface area contributed by atoms with Crippen LogP contribution in [0.15, 0.2) is 42.9 Å². The van der Waals surface area contributed by atoms with Crippen LogP contribution in [0.2, 0.25) is 0 Å². The van der Waals surface area contributed by atoms with E-state index >= 15 is 0 Å². The first-order chi connectivity index (χ1) is 4.79. The van der Waals surface area contributed by atoms with E-state index < -0.39 is 0 Å². The van der Waals surface area contributed by atoms with E-state index in [9.17, 15) is 0 Å². The lowest BCUT2D eigenvalue weighted by Crippen LogP contribution is -2.32. The number of hydrogen-bond acceptors (Lipinski definition) is 1. The summed E-state index contributed by atoms with van der Waals surface area (Å²) < 4.78 is 1.85. The third-order valence-electron chi connectivity index (χ3n) is 1.14. The van der Waals surface area contributed by atoms with Crippen molar-refractivity contribution < 1.29 is 9.67 Å². The standard InChI is InChI=1S/C8H9NO.ClH/c1-8(10)7-9-5-3-2-4-6-9;/h2-6H,1,7H2;1H/p+1. The lowest BCUT2D eigenvalue weighted by atomic mass is 10.4. The van der Waals surface area contributed by atoms with E-state index in [0.29, 0.717) is 6.54 Å². The van der Waals surface area contributed by atoms with Gasteiger partial charge in [0.1, 0.15) is 0 Å². The summed E-state index contributed by atoms with van der Waals surface area (Å²) in [6.45, 7) is 3.86. The Morgan fingerprint density at radius 3 is 2.27 bits per heavy atom. The highest BCUT2D eigenvalue weighted by Gasteiger charge is 1.97. The van der Waals surface area contributed by atoms with Crippen molar-refractivity contribution in [3.8, 4) is 0 Å². The lowest BCUT2D eigenvalue weighted by molar-refractivity contribution is -0.691. The topological polar surface area (TPSA) is 24.1 Å². The number of aromatic nitrogens is 1. The normalized spacial score (nSPS) is 8.36. The van der Waals surface area contributed by atoms with E-state index in [1.54, 1.807) is 0 Å². The SMILES string of the molecule is C=C(O)C[n+]1ccccc1.Cl. The van der Waals surface area contributed by atoms with Crippen LogP contribution in [-0.2, 0) is 6.54 Å². The van der Waals surface area contributed by atoms with Crippen molar-refractivity contribution in [1.29, 1.82) is 0 Å². The number of nitrogens with zero attached hydrogens (tertiary/aromatic N) is 1. The third-order valence-corrected chi connectivity index (χ3v) is 1.14. The molecule has 0 saturated heterocycles. The number of aliphatic hydroxyl groups excluding tert-OH is 1. The molecule has 1 aromatic heterocycles. The third kappa shape index (κ3) is 3.63. The summed E-state index contributed by atoms with van der Waals surface area (Å²) in [6, 6.07) is 5.74. The van der Waals surface area contributed by atoms with Crippen molar-refractivity contribution in [1.82, 2.24) is 0 Å². The Kier molecular flexibility index (Phi) is 4.30. The van der Waals surface area contributed by atoms with Crippen LogP contribution in [0.1, 0.15) is 0 Å². The fraction of sp³-hybridized carbons (Fsp3) is 0.125. The van der Waals surface area contributed by atoms with E-state index in [0.717, 1.165) is 0 Å². The van der Waals surface area contributed by atoms with Crippen molar-refractivity contribution in [2.45, 2.75) is 6.54 Å². The van der Waals surface area contributed by atoms with Gasteiger partial charge in [0.05, 0.1) is 0 Å². The Balaban J connectivity index is 0.000001000. The van der Waals surface area contributed by atoms with E-state index in [-0.39, 0.29) is 18.2 Å². The molecule has 0 saturated carbocycles. The van der Waals surface area contributed by atoms with Gasteiger partial charge >= 0.3 is 0 Å². The second-order valence-corrected chi connectivity index (χ2v) is 2.11. The summed E-state index contributed by atoms with van der Waals surface area (Å²) in [5, 5.41) is 8.79. The molecule has 1 aromatic rings. The van der Waals surface area contributed by atoms with E-state index in [1.165, 1.54) is 0 Å². The number of hydrogen-bond donors (Lipinski definition) is 1. The van der Waals surface area contributed by atoms with Gasteiger partial charge in [0.2, 0.25) is 6.54 Å². The monoisotopic (exact) mass is 172 g/mol. The van der Waals surface area contributed by atoms with Gasteiger partial charge < -0.3 is 5.11 Å². The molecule has 60 valence electrons. The molecule has 11 heavy (non-hydrogen) atoms. The first-order valence-corrected chi connectivity index (χ1v) is 3.10. The average molecular weight is 173 g/mol. The fourth-order valence-electron chi connectivity index (χ4n) is 0.750. The molecular weight excluding hydrogens is 162 g/mol. The van der Waals surface area contributed by atoms with Crippen LogP contribution >= 0.6 is 12.4 Å². The predicted octanol–water partition coefficient (Wildman–Crippen LogP) is 1.47. The van der Waals surface area contributed by atoms with Crippen molar-refractivity contribution >= 4 is 12.4 Å². The van der Waals surface area contributed by atoms with Crippen LogP contribution in [0, 0.1) is 0 Å². The predicted molar refractivity (Wildman–Crippen MR) is 45.7 cm³/mol. The van der Waals surface area contributed by atoms with Gasteiger partial charge in [0, 0.05) is 12.1 Å². The Morgan fingerprint density at radius 1 is 1.27 bits per heavy atom. The number of aliphatic hydroxyl groups is 1. The molecule has 0 aliphatic heterocycles. The minimum Gasteiger partial charge on any atom is -0.506 e. The molecular formula is C8H11ClNO+. The van der Waals surface area contributed by atoms with Gasteiger partial charge in [-0.2, -0.15) is 4.57 Å². The first-order valence-electron chi connectivity index (χ1n) is 3.10. The minimum atomic E-state index is 0. The summed E-state index contributed by atoms with van der Waals surface area (Å²) in [5.41, 5.74) is 0. The molecule has 1 heterocycles. The van der Waals surface area contributed by atoms with Crippen LogP contribution < -0.4 is 4.57 Å². The van der Waals surface area contributed by atoms with Crippen LogP contribution in [0.25, 0.3) is 0 Å². The molecule has 0 unspecified atom stereocenters. The van der Waals surface area contributed by atoms with Crippen LogP contribution in [0.4, 0.5) is 0 Å². The van der Waals surface area contributed by atoms with Gasteiger partial charge in [0.15, 0.2) is 18.2 Å². The van der Waals surface area contributed by atoms with Crippen LogP contribution in [0.5, 0.6) is 0 Å². The second kappa shape index (κ2) is 4.74. The largest absolute Gasteiger partial charge is 0.506 e. The molecule has 2 nitrogen and oxygen atoms in total. The summed E-state index contributed by atoms with van der Waals surface area (Å²) in [5.74, 6) is 0.177. The molecule has 0 radical (unpaired) electrons. The fourth-order valence-corrected chi connectivity index (χ4v) is 0.750. The molecule has 0 aliphatic carbocycles. The maximum Gasteiger partial charge on any atom is 0.204 e. The molecule has 0 amide bonds. The van der Waals surface area contributed by atoms with Crippen molar-refractivity contribution in [3.63, 3.8) is 0 Å². The summed E-state index contributed by atoms with van der Waals surface area (Å²) in [6.07, 6.45) is 3.75.